The lowest BCUT2D eigenvalue weighted by Crippen LogP contribution is -2.46. The second-order valence-electron chi connectivity index (χ2n) is 10.8. The van der Waals surface area contributed by atoms with Crippen LogP contribution in [0.2, 0.25) is 0 Å². The second kappa shape index (κ2) is 10.6. The molecule has 5 nitrogen and oxygen atoms in total. The second-order valence-corrected chi connectivity index (χ2v) is 11.0. The molecule has 7 aromatic rings. The monoisotopic (exact) mass is 584 g/mol. The molecule has 0 aliphatic heterocycles. The van der Waals surface area contributed by atoms with Gasteiger partial charge in [0.15, 0.2) is 5.82 Å². The molecule has 2 heterocycles. The van der Waals surface area contributed by atoms with Crippen molar-refractivity contribution in [2.45, 2.75) is 0 Å². The molecule has 1 aliphatic rings. The van der Waals surface area contributed by atoms with Gasteiger partial charge < -0.3 is 4.57 Å². The molecule has 6 heteroatoms. The molecule has 2 aromatic heterocycles. The molecule has 2 N–H and O–H groups in total. The Labute approximate surface area is 260 Å². The summed E-state index contributed by atoms with van der Waals surface area (Å²) in [7, 11) is 0. The minimum Gasteiger partial charge on any atom is -0.309 e. The van der Waals surface area contributed by atoms with E-state index in [9.17, 15) is 0 Å². The van der Waals surface area contributed by atoms with Crippen LogP contribution in [-0.4, -0.2) is 26.0 Å². The first-order valence-corrected chi connectivity index (χ1v) is 14.8. The van der Waals surface area contributed by atoms with Gasteiger partial charge in [0, 0.05) is 27.6 Å². The Balaban J connectivity index is 1.25. The molecule has 5 aromatic carbocycles. The molecule has 44 heavy (non-hydrogen) atoms. The number of nitrogens with two attached hydrogens (primary N) is 1. The summed E-state index contributed by atoms with van der Waals surface area (Å²) in [5, 5.41) is 8.71. The van der Waals surface area contributed by atoms with Crippen LogP contribution in [0.5, 0.6) is 0 Å². The molecule has 0 atom stereocenters. The van der Waals surface area contributed by atoms with Gasteiger partial charge in [0.2, 0.25) is 5.71 Å². The van der Waals surface area contributed by atoms with Gasteiger partial charge in [-0.2, -0.15) is 0 Å². The fourth-order valence-corrected chi connectivity index (χ4v) is 6.30. The van der Waals surface area contributed by atoms with Gasteiger partial charge in [-0.25, -0.2) is 14.4 Å². The summed E-state index contributed by atoms with van der Waals surface area (Å²) in [6.45, 7) is 0. The number of thiol groups is 1. The van der Waals surface area contributed by atoms with Gasteiger partial charge in [-0.05, 0) is 66.4 Å². The van der Waals surface area contributed by atoms with E-state index in [1.165, 1.54) is 0 Å². The Morgan fingerprint density at radius 3 is 2.14 bits per heavy atom. The normalized spacial score (nSPS) is 13.6. The maximum Gasteiger partial charge on any atom is 0.233 e. The van der Waals surface area contributed by atoms with Crippen LogP contribution in [0.15, 0.2) is 138 Å². The molecule has 8 rings (SSSR count). The lowest BCUT2D eigenvalue weighted by Gasteiger charge is -2.14. The molecule has 0 unspecified atom stereocenters. The third-order valence-electron chi connectivity index (χ3n) is 8.17. The summed E-state index contributed by atoms with van der Waals surface area (Å²) in [5.74, 6) is 0.698. The minimum atomic E-state index is 0.626. The van der Waals surface area contributed by atoms with Crippen molar-refractivity contribution < 1.29 is 5.41 Å². The number of hydrogen-bond acceptors (Lipinski definition) is 4. The fourth-order valence-electron chi connectivity index (χ4n) is 6.13. The highest BCUT2D eigenvalue weighted by Crippen LogP contribution is 2.35. The van der Waals surface area contributed by atoms with E-state index < -0.39 is 0 Å². The predicted molar refractivity (Wildman–Crippen MR) is 184 cm³/mol. The summed E-state index contributed by atoms with van der Waals surface area (Å²) in [6, 6.07) is 43.8. The van der Waals surface area contributed by atoms with Crippen molar-refractivity contribution in [1.82, 2.24) is 14.5 Å². The Morgan fingerprint density at radius 1 is 0.614 bits per heavy atom. The SMILES string of the molecule is [NH2+]=C1C(=NS)C=Cc2c1c1ccccc1n2-c1cccc(-c2cccc(-c3nc(-c4ccccc4)c4ccccc4n3)c2)c1. The minimum absolute atomic E-state index is 0.626. The van der Waals surface area contributed by atoms with Gasteiger partial charge in [0.05, 0.1) is 28.0 Å². The van der Waals surface area contributed by atoms with Crippen molar-refractivity contribution in [2.24, 2.45) is 4.40 Å². The first-order chi connectivity index (χ1) is 21.7. The molecular weight excluding hydrogens is 559 g/mol. The predicted octanol–water partition coefficient (Wildman–Crippen LogP) is 7.44. The lowest BCUT2D eigenvalue weighted by molar-refractivity contribution is -0.109. The van der Waals surface area contributed by atoms with Gasteiger partial charge in [-0.1, -0.05) is 97.1 Å². The molecule has 0 fully saturated rings. The Morgan fingerprint density at radius 2 is 1.30 bits per heavy atom. The van der Waals surface area contributed by atoms with Crippen LogP contribution >= 0.6 is 12.8 Å². The van der Waals surface area contributed by atoms with Crippen molar-refractivity contribution in [3.8, 4) is 39.5 Å². The van der Waals surface area contributed by atoms with Crippen molar-refractivity contribution in [3.05, 3.63) is 145 Å². The van der Waals surface area contributed by atoms with Gasteiger partial charge >= 0.3 is 0 Å². The molecular formula is C38H26N5S+. The maximum atomic E-state index is 6.59. The summed E-state index contributed by atoms with van der Waals surface area (Å²) < 4.78 is 6.34. The number of hydrogen-bond donors (Lipinski definition) is 2. The van der Waals surface area contributed by atoms with E-state index in [0.717, 1.165) is 66.7 Å². The summed E-state index contributed by atoms with van der Waals surface area (Å²) >= 11 is 4.14. The average Bonchev–Trinajstić information content (AvgIpc) is 3.43. The van der Waals surface area contributed by atoms with Crippen LogP contribution in [0.1, 0.15) is 11.3 Å². The van der Waals surface area contributed by atoms with Crippen molar-refractivity contribution in [3.63, 3.8) is 0 Å². The highest BCUT2D eigenvalue weighted by atomic mass is 32.1. The number of para-hydroxylation sites is 2. The molecule has 0 bridgehead atoms. The van der Waals surface area contributed by atoms with Crippen molar-refractivity contribution >= 4 is 52.1 Å². The van der Waals surface area contributed by atoms with Gasteiger partial charge in [-0.3, -0.25) is 5.41 Å². The van der Waals surface area contributed by atoms with E-state index in [2.05, 4.69) is 113 Å². The van der Waals surface area contributed by atoms with Gasteiger partial charge in [0.25, 0.3) is 0 Å². The highest BCUT2D eigenvalue weighted by molar-refractivity contribution is 7.79. The number of nitrogens with zero attached hydrogens (tertiary/aromatic N) is 4. The van der Waals surface area contributed by atoms with E-state index in [1.54, 1.807) is 0 Å². The van der Waals surface area contributed by atoms with Crippen LogP contribution in [0, 0.1) is 0 Å². The third kappa shape index (κ3) is 4.27. The van der Waals surface area contributed by atoms with Gasteiger partial charge in [0.1, 0.15) is 5.71 Å². The zero-order valence-electron chi connectivity index (χ0n) is 23.6. The summed E-state index contributed by atoms with van der Waals surface area (Å²) in [6.07, 6.45) is 3.98. The van der Waals surface area contributed by atoms with E-state index in [0.29, 0.717) is 17.2 Å². The Hall–Kier alpha value is -5.59. The van der Waals surface area contributed by atoms with Crippen molar-refractivity contribution in [2.75, 3.05) is 0 Å². The molecule has 208 valence electrons. The highest BCUT2D eigenvalue weighted by Gasteiger charge is 2.28. The first kappa shape index (κ1) is 26.1. The molecule has 0 spiro atoms. The van der Waals surface area contributed by atoms with Crippen molar-refractivity contribution in [1.29, 1.82) is 0 Å². The average molecular weight is 585 g/mol. The molecule has 1 aliphatic carbocycles. The lowest BCUT2D eigenvalue weighted by atomic mass is 9.97. The molecule has 0 radical (unpaired) electrons. The van der Waals surface area contributed by atoms with Crippen LogP contribution < -0.4 is 5.41 Å². The molecule has 0 amide bonds. The molecule has 0 saturated carbocycles. The number of benzene rings is 5. The zero-order chi connectivity index (χ0) is 29.6. The fraction of sp³-hybridized carbons (Fsp3) is 0. The standard InChI is InChI=1S/C38H25N5S/c39-36-32(42-44)20-21-34-35(36)30-17-5-7-19-33(30)43(34)28-15-9-13-26(23-28)25-12-8-14-27(22-25)38-40-31-18-6-4-16-29(31)37(41-38)24-10-2-1-3-11-24/h1-23,39,44H/p+1. The number of fused-ring (bicyclic) bond motifs is 4. The Kier molecular flexibility index (Phi) is 6.28. The topological polar surface area (TPSA) is 68.7 Å². The third-order valence-corrected chi connectivity index (χ3v) is 8.39. The van der Waals surface area contributed by atoms with Crippen LogP contribution in [0.4, 0.5) is 0 Å². The number of rotatable bonds is 4. The molecule has 0 saturated heterocycles. The van der Waals surface area contributed by atoms with E-state index >= 15 is 0 Å². The van der Waals surface area contributed by atoms with Crippen LogP contribution in [0.25, 0.3) is 67.3 Å². The van der Waals surface area contributed by atoms with E-state index in [4.69, 9.17) is 15.4 Å². The zero-order valence-corrected chi connectivity index (χ0v) is 24.5. The van der Waals surface area contributed by atoms with Crippen LogP contribution in [-0.2, 0) is 0 Å². The Bertz CT molecular complexity index is 2310. The van der Waals surface area contributed by atoms with E-state index in [1.807, 2.05) is 48.5 Å². The smallest absolute Gasteiger partial charge is 0.233 e. The summed E-state index contributed by atoms with van der Waals surface area (Å²) in [4.78, 5) is 10.1. The largest absolute Gasteiger partial charge is 0.309 e. The van der Waals surface area contributed by atoms with Gasteiger partial charge in [-0.15, -0.1) is 0 Å². The van der Waals surface area contributed by atoms with E-state index in [-0.39, 0.29) is 0 Å². The van der Waals surface area contributed by atoms with Crippen LogP contribution in [0.3, 0.4) is 0 Å². The first-order valence-electron chi connectivity index (χ1n) is 14.4. The quantitative estimate of drug-likeness (QED) is 0.211. The summed E-state index contributed by atoms with van der Waals surface area (Å²) in [5.41, 5.74) is 11.5. The number of allylic oxidation sites excluding steroid dienone is 1. The maximum absolute atomic E-state index is 6.59. The number of aromatic nitrogens is 3.